The third kappa shape index (κ3) is 4.41. The van der Waals surface area contributed by atoms with Crippen molar-refractivity contribution < 1.29 is 19.2 Å². The number of piperidine rings is 1. The van der Waals surface area contributed by atoms with Crippen LogP contribution in [0.4, 0.5) is 17.2 Å². The van der Waals surface area contributed by atoms with Crippen LogP contribution in [0.1, 0.15) is 24.1 Å². The maximum Gasteiger partial charge on any atom is 0.308 e. The molecule has 1 saturated heterocycles. The first-order chi connectivity index (χ1) is 16.3. The average molecular weight is 486 g/mol. The summed E-state index contributed by atoms with van der Waals surface area (Å²) in [5, 5.41) is 22.1. The Kier molecular flexibility index (Phi) is 6.69. The van der Waals surface area contributed by atoms with E-state index in [1.165, 1.54) is 20.3 Å². The lowest BCUT2D eigenvalue weighted by Crippen LogP contribution is -2.37. The lowest BCUT2D eigenvalue weighted by molar-refractivity contribution is -0.383. The summed E-state index contributed by atoms with van der Waals surface area (Å²) in [6.45, 7) is 1.15. The number of benzene rings is 2. The molecule has 2 heterocycles. The summed E-state index contributed by atoms with van der Waals surface area (Å²) < 4.78 is 10.1. The van der Waals surface area contributed by atoms with Gasteiger partial charge in [-0.1, -0.05) is 17.7 Å². The van der Waals surface area contributed by atoms with Crippen molar-refractivity contribution in [2.24, 2.45) is 5.92 Å². The van der Waals surface area contributed by atoms with Gasteiger partial charge in [0.1, 0.15) is 11.4 Å². The minimum atomic E-state index is -0.509. The predicted molar refractivity (Wildman–Crippen MR) is 128 cm³/mol. The van der Waals surface area contributed by atoms with Crippen LogP contribution in [0.2, 0.25) is 5.02 Å². The number of nitrogens with zero attached hydrogens (tertiary/aromatic N) is 4. The first-order valence-electron chi connectivity index (χ1n) is 10.7. The molecule has 178 valence electrons. The van der Waals surface area contributed by atoms with Crippen molar-refractivity contribution >= 4 is 45.5 Å². The van der Waals surface area contributed by atoms with Crippen molar-refractivity contribution in [3.05, 3.63) is 56.7 Å². The molecule has 0 aliphatic carbocycles. The molecule has 34 heavy (non-hydrogen) atoms. The second-order valence-corrected chi connectivity index (χ2v) is 8.49. The van der Waals surface area contributed by atoms with Gasteiger partial charge >= 0.3 is 5.97 Å². The molecule has 1 fully saturated rings. The number of esters is 1. The van der Waals surface area contributed by atoms with Crippen molar-refractivity contribution in [2.45, 2.75) is 19.3 Å². The van der Waals surface area contributed by atoms with Crippen molar-refractivity contribution in [3.63, 3.8) is 0 Å². The maximum absolute atomic E-state index is 11.9. The Morgan fingerprint density at radius 3 is 2.59 bits per heavy atom. The number of carbonyl (C=O) groups excluding carboxylic acids is 1. The average Bonchev–Trinajstić information content (AvgIpc) is 2.84. The summed E-state index contributed by atoms with van der Waals surface area (Å²) in [7, 11) is 2.92. The number of fused-ring (bicyclic) bond motifs is 1. The van der Waals surface area contributed by atoms with Crippen LogP contribution in [0.3, 0.4) is 0 Å². The largest absolute Gasteiger partial charge is 0.495 e. The maximum atomic E-state index is 11.9. The van der Waals surface area contributed by atoms with Gasteiger partial charge < -0.3 is 20.1 Å². The number of halogens is 1. The zero-order valence-corrected chi connectivity index (χ0v) is 19.5. The summed E-state index contributed by atoms with van der Waals surface area (Å²) in [6, 6.07) is 8.39. The van der Waals surface area contributed by atoms with Crippen molar-refractivity contribution in [2.75, 3.05) is 37.9 Å². The van der Waals surface area contributed by atoms with Crippen LogP contribution >= 0.6 is 11.6 Å². The summed E-state index contributed by atoms with van der Waals surface area (Å²) in [4.78, 5) is 25.0. The Labute approximate surface area is 200 Å². The molecule has 0 atom stereocenters. The van der Waals surface area contributed by atoms with E-state index in [1.54, 1.807) is 18.2 Å². The molecule has 1 aromatic heterocycles. The molecule has 0 saturated carbocycles. The van der Waals surface area contributed by atoms with Gasteiger partial charge in [-0.2, -0.15) is 5.10 Å². The molecule has 11 heteroatoms. The van der Waals surface area contributed by atoms with E-state index in [9.17, 15) is 14.9 Å². The lowest BCUT2D eigenvalue weighted by atomic mass is 9.96. The molecule has 0 unspecified atom stereocenters. The Morgan fingerprint density at radius 1 is 1.24 bits per heavy atom. The fourth-order valence-corrected chi connectivity index (χ4v) is 4.62. The fraction of sp³-hybridized carbons (Fsp3) is 0.348. The van der Waals surface area contributed by atoms with Gasteiger partial charge in [-0.05, 0) is 36.6 Å². The van der Waals surface area contributed by atoms with Crippen LogP contribution in [-0.2, 0) is 16.0 Å². The number of nitrogen functional groups attached to an aromatic ring is 1. The number of nitrogens with two attached hydrogens (primary N) is 1. The zero-order chi connectivity index (χ0) is 24.4. The Morgan fingerprint density at radius 2 is 1.97 bits per heavy atom. The SMILES string of the molecule is COC(=O)C1CCN(c2nnc(Cc3ccc(OC)c(Cl)c3)c3c(N)c([N+](=O)[O-])ccc23)CC1. The highest BCUT2D eigenvalue weighted by Crippen LogP contribution is 2.38. The molecule has 4 rings (SSSR count). The highest BCUT2D eigenvalue weighted by Gasteiger charge is 2.29. The van der Waals surface area contributed by atoms with E-state index in [0.29, 0.717) is 65.4 Å². The minimum absolute atomic E-state index is 0.0395. The van der Waals surface area contributed by atoms with Gasteiger partial charge in [-0.3, -0.25) is 14.9 Å². The second kappa shape index (κ2) is 9.68. The molecule has 0 amide bonds. The molecular weight excluding hydrogens is 462 g/mol. The third-order valence-corrected chi connectivity index (χ3v) is 6.43. The number of carbonyl (C=O) groups is 1. The first kappa shape index (κ1) is 23.5. The number of hydrogen-bond acceptors (Lipinski definition) is 9. The van der Waals surface area contributed by atoms with Gasteiger partial charge in [0.2, 0.25) is 0 Å². The van der Waals surface area contributed by atoms with Crippen molar-refractivity contribution in [1.82, 2.24) is 10.2 Å². The van der Waals surface area contributed by atoms with Crippen LogP contribution in [0, 0.1) is 16.0 Å². The quantitative estimate of drug-likeness (QED) is 0.239. The predicted octanol–water partition coefficient (Wildman–Crippen LogP) is 3.76. The first-order valence-corrected chi connectivity index (χ1v) is 11.1. The van der Waals surface area contributed by atoms with E-state index in [0.717, 1.165) is 5.56 Å². The highest BCUT2D eigenvalue weighted by atomic mass is 35.5. The number of anilines is 2. The number of nitro groups is 1. The van der Waals surface area contributed by atoms with E-state index in [-0.39, 0.29) is 23.3 Å². The van der Waals surface area contributed by atoms with Crippen LogP contribution in [0.25, 0.3) is 10.8 Å². The van der Waals surface area contributed by atoms with Crippen LogP contribution in [0.5, 0.6) is 5.75 Å². The molecular formula is C23H24ClN5O5. The van der Waals surface area contributed by atoms with Crippen molar-refractivity contribution in [3.8, 4) is 5.75 Å². The number of rotatable bonds is 6. The number of ether oxygens (including phenoxy) is 2. The second-order valence-electron chi connectivity index (χ2n) is 8.08. The summed E-state index contributed by atoms with van der Waals surface area (Å²) in [6.07, 6.45) is 1.55. The normalized spacial score (nSPS) is 14.3. The Hall–Kier alpha value is -3.66. The summed E-state index contributed by atoms with van der Waals surface area (Å²) in [5.41, 5.74) is 7.48. The molecule has 3 aromatic rings. The van der Waals surface area contributed by atoms with E-state index in [4.69, 9.17) is 26.8 Å². The van der Waals surface area contributed by atoms with E-state index in [1.807, 2.05) is 11.0 Å². The Bertz CT molecular complexity index is 1260. The van der Waals surface area contributed by atoms with Crippen molar-refractivity contribution in [1.29, 1.82) is 0 Å². The number of nitro benzene ring substituents is 1. The Balaban J connectivity index is 1.76. The van der Waals surface area contributed by atoms with Gasteiger partial charge in [0.05, 0.1) is 35.8 Å². The molecule has 1 aliphatic heterocycles. The smallest absolute Gasteiger partial charge is 0.308 e. The fourth-order valence-electron chi connectivity index (χ4n) is 4.34. The summed E-state index contributed by atoms with van der Waals surface area (Å²) >= 11 is 6.27. The number of aromatic nitrogens is 2. The van der Waals surface area contributed by atoms with Gasteiger partial charge in [-0.15, -0.1) is 5.10 Å². The van der Waals surface area contributed by atoms with Crippen LogP contribution in [0.15, 0.2) is 30.3 Å². The summed E-state index contributed by atoms with van der Waals surface area (Å²) in [5.74, 6) is 0.744. The molecule has 10 nitrogen and oxygen atoms in total. The van der Waals surface area contributed by atoms with Gasteiger partial charge in [0, 0.05) is 36.3 Å². The molecule has 0 spiro atoms. The molecule has 2 aromatic carbocycles. The van der Waals surface area contributed by atoms with E-state index in [2.05, 4.69) is 10.2 Å². The topological polar surface area (TPSA) is 134 Å². The van der Waals surface area contributed by atoms with E-state index < -0.39 is 4.92 Å². The third-order valence-electron chi connectivity index (χ3n) is 6.13. The van der Waals surface area contributed by atoms with E-state index >= 15 is 0 Å². The van der Waals surface area contributed by atoms with Gasteiger partial charge in [0.25, 0.3) is 5.69 Å². The standard InChI is InChI=1S/C23H24ClN5O5/c1-33-19-6-3-13(11-16(19)24)12-17-20-15(4-5-18(21(20)25)29(31)32)22(27-26-17)28-9-7-14(8-10-28)23(30)34-2/h3-6,11,14H,7-10,12,25H2,1-2H3. The van der Waals surface area contributed by atoms with Gasteiger partial charge in [-0.25, -0.2) is 0 Å². The zero-order valence-electron chi connectivity index (χ0n) is 18.8. The van der Waals surface area contributed by atoms with Gasteiger partial charge in [0.15, 0.2) is 5.82 Å². The lowest BCUT2D eigenvalue weighted by Gasteiger charge is -2.32. The molecule has 0 radical (unpaired) electrons. The highest BCUT2D eigenvalue weighted by molar-refractivity contribution is 6.32. The number of methoxy groups -OCH3 is 2. The van der Waals surface area contributed by atoms with Crippen LogP contribution in [-0.4, -0.2) is 48.4 Å². The number of hydrogen-bond donors (Lipinski definition) is 1. The van der Waals surface area contributed by atoms with Crippen LogP contribution < -0.4 is 15.4 Å². The monoisotopic (exact) mass is 485 g/mol. The molecule has 1 aliphatic rings. The molecule has 0 bridgehead atoms. The minimum Gasteiger partial charge on any atom is -0.495 e. The molecule has 2 N–H and O–H groups in total.